The van der Waals surface area contributed by atoms with E-state index >= 15 is 0 Å². The summed E-state index contributed by atoms with van der Waals surface area (Å²) in [5.41, 5.74) is 3.18. The lowest BCUT2D eigenvalue weighted by Gasteiger charge is -2.10. The lowest BCUT2D eigenvalue weighted by molar-refractivity contribution is -0.117. The molecule has 160 valence electrons. The van der Waals surface area contributed by atoms with Crippen molar-refractivity contribution in [1.29, 1.82) is 5.26 Å². The first kappa shape index (κ1) is 20.2. The van der Waals surface area contributed by atoms with E-state index in [2.05, 4.69) is 15.5 Å². The maximum absolute atomic E-state index is 14.1. The number of aromatic amines is 2. The first-order chi connectivity index (χ1) is 16.1. The van der Waals surface area contributed by atoms with Crippen LogP contribution in [0.2, 0.25) is 0 Å². The molecule has 0 spiro atoms. The van der Waals surface area contributed by atoms with Crippen LogP contribution < -0.4 is 5.32 Å². The monoisotopic (exact) mass is 436 g/mol. The lowest BCUT2D eigenvalue weighted by atomic mass is 9.95. The molecule has 0 fully saturated rings. The Morgan fingerprint density at radius 1 is 0.879 bits per heavy atom. The predicted molar refractivity (Wildman–Crippen MR) is 123 cm³/mol. The van der Waals surface area contributed by atoms with Crippen molar-refractivity contribution in [2.24, 2.45) is 5.92 Å². The maximum Gasteiger partial charge on any atom is 0.249 e. The fraction of sp³-hybridized carbons (Fsp3) is 0.0385. The number of carbonyl (C=O) groups is 2. The Morgan fingerprint density at radius 3 is 2.27 bits per heavy atom. The number of fused-ring (bicyclic) bond motifs is 3. The standard InChI is InChI=1S/C26H17FN4O2/c27-16-11-12-18-19(13-16)23-22(21(18)15-7-3-1-4-8-15)24(31-30-23)25(32)20(14-28)26(33)29-17-9-5-2-6-10-17/h1-13,20,30-31H,(H,29,33). The number of ketones is 1. The number of nitrogens with zero attached hydrogens (tertiary/aromatic N) is 1. The number of hydrogen-bond acceptors (Lipinski definition) is 3. The number of aromatic nitrogens is 2. The van der Waals surface area contributed by atoms with E-state index < -0.39 is 23.4 Å². The molecule has 0 bridgehead atoms. The average Bonchev–Trinajstić information content (AvgIpc) is 3.39. The Morgan fingerprint density at radius 2 is 1.58 bits per heavy atom. The molecule has 0 saturated carbocycles. The molecule has 6 nitrogen and oxygen atoms in total. The van der Waals surface area contributed by atoms with Gasteiger partial charge in [0.2, 0.25) is 11.7 Å². The molecule has 1 aliphatic heterocycles. The van der Waals surface area contributed by atoms with Gasteiger partial charge in [0.05, 0.1) is 11.8 Å². The zero-order valence-corrected chi connectivity index (χ0v) is 17.2. The van der Waals surface area contributed by atoms with Gasteiger partial charge in [0.15, 0.2) is 5.92 Å². The number of rotatable bonds is 5. The van der Waals surface area contributed by atoms with Gasteiger partial charge < -0.3 is 5.32 Å². The highest BCUT2D eigenvalue weighted by Crippen LogP contribution is 2.46. The molecule has 0 radical (unpaired) electrons. The third-order valence-electron chi connectivity index (χ3n) is 5.59. The van der Waals surface area contributed by atoms with E-state index in [0.717, 1.165) is 16.5 Å². The number of amides is 1. The molecule has 1 amide bonds. The van der Waals surface area contributed by atoms with Crippen LogP contribution in [-0.2, 0) is 4.79 Å². The van der Waals surface area contributed by atoms with Crippen molar-refractivity contribution in [3.63, 3.8) is 0 Å². The molecule has 33 heavy (non-hydrogen) atoms. The summed E-state index contributed by atoms with van der Waals surface area (Å²) in [6, 6.07) is 24.3. The Kier molecular flexibility index (Phi) is 4.96. The molecule has 2 aliphatic rings. The molecular formula is C26H17FN4O2. The largest absolute Gasteiger partial charge is 0.325 e. The van der Waals surface area contributed by atoms with Crippen LogP contribution in [0.5, 0.6) is 0 Å². The summed E-state index contributed by atoms with van der Waals surface area (Å²) in [6.07, 6.45) is 0. The van der Waals surface area contributed by atoms with E-state index in [1.807, 2.05) is 36.4 Å². The number of Topliss-reactive ketones (excluding diaryl/α,β-unsaturated/α-hetero) is 1. The Hall–Kier alpha value is -4.70. The molecule has 3 aromatic rings. The van der Waals surface area contributed by atoms with Crippen molar-refractivity contribution < 1.29 is 14.0 Å². The highest BCUT2D eigenvalue weighted by Gasteiger charge is 2.34. The zero-order chi connectivity index (χ0) is 22.9. The van der Waals surface area contributed by atoms with Crippen LogP contribution >= 0.6 is 0 Å². The first-order valence-corrected chi connectivity index (χ1v) is 10.2. The SMILES string of the molecule is N#CC(C(=O)Nc1ccccc1)C(=O)c1[nH][nH]c2c3cc(F)ccc3c(-c3ccccc3)c1-2. The molecule has 0 aromatic heterocycles. The minimum atomic E-state index is -1.57. The van der Waals surface area contributed by atoms with Crippen molar-refractivity contribution in [3.05, 3.63) is 90.4 Å². The third kappa shape index (κ3) is 3.44. The second kappa shape index (κ2) is 8.09. The summed E-state index contributed by atoms with van der Waals surface area (Å²) in [4.78, 5) is 26.2. The third-order valence-corrected chi connectivity index (χ3v) is 5.59. The van der Waals surface area contributed by atoms with Crippen LogP contribution in [0, 0.1) is 23.1 Å². The van der Waals surface area contributed by atoms with Gasteiger partial charge in [-0.2, -0.15) is 5.26 Å². The average molecular weight is 436 g/mol. The van der Waals surface area contributed by atoms with Gasteiger partial charge in [0, 0.05) is 22.2 Å². The number of nitrogens with one attached hydrogen (secondary N) is 3. The topological polar surface area (TPSA) is 102 Å². The van der Waals surface area contributed by atoms with Crippen LogP contribution in [-0.4, -0.2) is 21.9 Å². The number of carbonyl (C=O) groups excluding carboxylic acids is 2. The van der Waals surface area contributed by atoms with Crippen molar-refractivity contribution >= 4 is 28.2 Å². The van der Waals surface area contributed by atoms with Crippen molar-refractivity contribution in [1.82, 2.24) is 10.2 Å². The minimum absolute atomic E-state index is 0.0928. The molecule has 7 heteroatoms. The van der Waals surface area contributed by atoms with Crippen molar-refractivity contribution in [3.8, 4) is 28.5 Å². The molecule has 3 N–H and O–H groups in total. The molecule has 1 heterocycles. The van der Waals surface area contributed by atoms with Gasteiger partial charge in [0.25, 0.3) is 0 Å². The number of para-hydroxylation sites is 1. The molecule has 1 aliphatic carbocycles. The molecule has 1 atom stereocenters. The number of halogens is 1. The van der Waals surface area contributed by atoms with E-state index in [0.29, 0.717) is 22.3 Å². The fourth-order valence-corrected chi connectivity index (χ4v) is 4.11. The van der Waals surface area contributed by atoms with Crippen LogP contribution in [0.25, 0.3) is 33.2 Å². The highest BCUT2D eigenvalue weighted by molar-refractivity contribution is 6.22. The lowest BCUT2D eigenvalue weighted by Crippen LogP contribution is -2.29. The van der Waals surface area contributed by atoms with E-state index in [1.165, 1.54) is 12.1 Å². The van der Waals surface area contributed by atoms with Gasteiger partial charge in [-0.15, -0.1) is 0 Å². The summed E-state index contributed by atoms with van der Waals surface area (Å²) in [5.74, 6) is -3.38. The predicted octanol–water partition coefficient (Wildman–Crippen LogP) is 5.37. The van der Waals surface area contributed by atoms with Crippen LogP contribution in [0.4, 0.5) is 10.1 Å². The molecule has 0 saturated heterocycles. The summed E-state index contributed by atoms with van der Waals surface area (Å²) < 4.78 is 14.1. The van der Waals surface area contributed by atoms with E-state index in [9.17, 15) is 19.2 Å². The van der Waals surface area contributed by atoms with Gasteiger partial charge >= 0.3 is 0 Å². The van der Waals surface area contributed by atoms with Crippen LogP contribution in [0.3, 0.4) is 0 Å². The highest BCUT2D eigenvalue weighted by atomic mass is 19.1. The van der Waals surface area contributed by atoms with Crippen molar-refractivity contribution in [2.75, 3.05) is 5.32 Å². The van der Waals surface area contributed by atoms with Gasteiger partial charge in [0.1, 0.15) is 11.5 Å². The van der Waals surface area contributed by atoms with Gasteiger partial charge in [-0.25, -0.2) is 4.39 Å². The number of nitriles is 1. The molecule has 1 unspecified atom stereocenters. The van der Waals surface area contributed by atoms with E-state index in [4.69, 9.17) is 0 Å². The Labute approximate surface area is 188 Å². The summed E-state index contributed by atoms with van der Waals surface area (Å²) in [7, 11) is 0. The number of anilines is 1. The van der Waals surface area contributed by atoms with Gasteiger partial charge in [-0.3, -0.25) is 19.8 Å². The number of H-pyrrole nitrogens is 2. The number of hydrogen-bond donors (Lipinski definition) is 3. The first-order valence-electron chi connectivity index (χ1n) is 10.2. The smallest absolute Gasteiger partial charge is 0.249 e. The second-order valence-corrected chi connectivity index (χ2v) is 7.59. The summed E-state index contributed by atoms with van der Waals surface area (Å²) in [6.45, 7) is 0. The summed E-state index contributed by atoms with van der Waals surface area (Å²) in [5, 5.41) is 19.4. The second-order valence-electron chi connectivity index (χ2n) is 7.59. The Bertz CT molecular complexity index is 1500. The fourth-order valence-electron chi connectivity index (χ4n) is 4.11. The Balaban J connectivity index is 1.63. The molecule has 5 rings (SSSR count). The zero-order valence-electron chi connectivity index (χ0n) is 17.2. The van der Waals surface area contributed by atoms with Crippen LogP contribution in [0.1, 0.15) is 10.5 Å². The quantitative estimate of drug-likeness (QED) is 0.255. The van der Waals surface area contributed by atoms with E-state index in [1.54, 1.807) is 36.4 Å². The normalized spacial score (nSPS) is 11.9. The van der Waals surface area contributed by atoms with Crippen LogP contribution in [0.15, 0.2) is 78.9 Å². The van der Waals surface area contributed by atoms with Gasteiger partial charge in [-0.1, -0.05) is 54.6 Å². The van der Waals surface area contributed by atoms with Gasteiger partial charge in [-0.05, 0) is 35.2 Å². The number of benzene rings is 3. The maximum atomic E-state index is 14.1. The van der Waals surface area contributed by atoms with E-state index in [-0.39, 0.29) is 5.69 Å². The molecule has 3 aromatic carbocycles. The minimum Gasteiger partial charge on any atom is -0.325 e. The summed E-state index contributed by atoms with van der Waals surface area (Å²) >= 11 is 0. The molecular weight excluding hydrogens is 419 g/mol. The van der Waals surface area contributed by atoms with Crippen molar-refractivity contribution in [2.45, 2.75) is 0 Å².